The molecule has 1 N–H and O–H groups in total. The summed E-state index contributed by atoms with van der Waals surface area (Å²) in [7, 11) is 4.75. The molecule has 2 rings (SSSR count). The number of nitrogens with zero attached hydrogens (tertiary/aromatic N) is 1. The highest BCUT2D eigenvalue weighted by atomic mass is 79.9. The Balaban J connectivity index is 2.11. The van der Waals surface area contributed by atoms with Crippen molar-refractivity contribution in [2.45, 2.75) is 6.10 Å². The lowest BCUT2D eigenvalue weighted by molar-refractivity contribution is 0.0677. The number of hydrogen-bond acceptors (Lipinski definition) is 4. The van der Waals surface area contributed by atoms with Gasteiger partial charge in [0, 0.05) is 11.5 Å². The van der Waals surface area contributed by atoms with Gasteiger partial charge in [-0.15, -0.1) is 0 Å². The number of rotatable bonds is 6. The molecule has 2 aromatic carbocycles. The van der Waals surface area contributed by atoms with Gasteiger partial charge in [-0.3, -0.25) is 4.79 Å². The van der Waals surface area contributed by atoms with Gasteiger partial charge in [-0.05, 0) is 35.9 Å². The summed E-state index contributed by atoms with van der Waals surface area (Å²) in [6.07, 6.45) is -0.789. The molecule has 0 heterocycles. The molecular formula is C18H20BrNO4. The van der Waals surface area contributed by atoms with Crippen molar-refractivity contribution in [3.63, 3.8) is 0 Å². The Morgan fingerprint density at radius 2 is 1.83 bits per heavy atom. The number of benzene rings is 2. The molecule has 128 valence electrons. The Kier molecular flexibility index (Phi) is 6.23. The van der Waals surface area contributed by atoms with E-state index in [4.69, 9.17) is 9.47 Å². The lowest BCUT2D eigenvalue weighted by atomic mass is 10.1. The molecular weight excluding hydrogens is 374 g/mol. The predicted molar refractivity (Wildman–Crippen MR) is 95.6 cm³/mol. The van der Waals surface area contributed by atoms with E-state index >= 15 is 0 Å². The van der Waals surface area contributed by atoms with Crippen LogP contribution < -0.4 is 9.47 Å². The summed E-state index contributed by atoms with van der Waals surface area (Å²) >= 11 is 3.36. The zero-order valence-electron chi connectivity index (χ0n) is 13.8. The molecule has 0 fully saturated rings. The minimum absolute atomic E-state index is 0.167. The number of amides is 1. The number of halogens is 1. The van der Waals surface area contributed by atoms with Gasteiger partial charge in [0.25, 0.3) is 5.91 Å². The minimum atomic E-state index is -0.789. The Morgan fingerprint density at radius 1 is 1.17 bits per heavy atom. The average Bonchev–Trinajstić information content (AvgIpc) is 2.60. The second-order valence-electron chi connectivity index (χ2n) is 5.32. The molecule has 24 heavy (non-hydrogen) atoms. The van der Waals surface area contributed by atoms with E-state index in [-0.39, 0.29) is 12.5 Å². The van der Waals surface area contributed by atoms with Crippen LogP contribution in [0.5, 0.6) is 11.5 Å². The van der Waals surface area contributed by atoms with Gasteiger partial charge in [0.15, 0.2) is 0 Å². The summed E-state index contributed by atoms with van der Waals surface area (Å²) in [5, 5.41) is 10.4. The van der Waals surface area contributed by atoms with E-state index in [2.05, 4.69) is 15.9 Å². The van der Waals surface area contributed by atoms with Crippen LogP contribution >= 0.6 is 15.9 Å². The van der Waals surface area contributed by atoms with Crippen LogP contribution in [0.15, 0.2) is 46.9 Å². The van der Waals surface area contributed by atoms with Crippen LogP contribution in [0, 0.1) is 0 Å². The smallest absolute Gasteiger partial charge is 0.257 e. The number of aliphatic hydroxyl groups is 1. The summed E-state index contributed by atoms with van der Waals surface area (Å²) in [5.74, 6) is 0.990. The third-order valence-electron chi connectivity index (χ3n) is 3.69. The highest BCUT2D eigenvalue weighted by molar-refractivity contribution is 9.10. The van der Waals surface area contributed by atoms with Crippen LogP contribution in [0.1, 0.15) is 22.0 Å². The maximum Gasteiger partial charge on any atom is 0.257 e. The van der Waals surface area contributed by atoms with Crippen LogP contribution in [-0.4, -0.2) is 43.7 Å². The zero-order chi connectivity index (χ0) is 17.7. The molecule has 0 spiro atoms. The SMILES string of the molecule is COc1ccc(C(O)CN(C)C(=O)c2cc(Br)ccc2OC)cc1. The second kappa shape index (κ2) is 8.17. The molecule has 0 radical (unpaired) electrons. The van der Waals surface area contributed by atoms with Crippen LogP contribution in [0.2, 0.25) is 0 Å². The van der Waals surface area contributed by atoms with Crippen LogP contribution in [0.25, 0.3) is 0 Å². The van der Waals surface area contributed by atoms with E-state index in [9.17, 15) is 9.90 Å². The molecule has 0 aliphatic rings. The van der Waals surface area contributed by atoms with E-state index in [1.807, 2.05) is 6.07 Å². The maximum atomic E-state index is 12.6. The van der Waals surface area contributed by atoms with Crippen molar-refractivity contribution >= 4 is 21.8 Å². The van der Waals surface area contributed by atoms with Crippen LogP contribution in [0.3, 0.4) is 0 Å². The number of methoxy groups -OCH3 is 2. The lowest BCUT2D eigenvalue weighted by Crippen LogP contribution is -2.31. The fourth-order valence-corrected chi connectivity index (χ4v) is 2.69. The average molecular weight is 394 g/mol. The molecule has 0 aliphatic heterocycles. The standard InChI is InChI=1S/C18H20BrNO4/c1-20(11-16(21)12-4-7-14(23-2)8-5-12)18(22)15-10-13(19)6-9-17(15)24-3/h4-10,16,21H,11H2,1-3H3. The first-order valence-electron chi connectivity index (χ1n) is 7.37. The maximum absolute atomic E-state index is 12.6. The van der Waals surface area contributed by atoms with E-state index in [0.717, 1.165) is 10.0 Å². The Hall–Kier alpha value is -2.05. The van der Waals surface area contributed by atoms with Crippen LogP contribution in [-0.2, 0) is 0 Å². The summed E-state index contributed by atoms with van der Waals surface area (Å²) in [6, 6.07) is 12.3. The number of carbonyl (C=O) groups is 1. The van der Waals surface area contributed by atoms with E-state index in [1.54, 1.807) is 50.6 Å². The van der Waals surface area contributed by atoms with Crippen molar-refractivity contribution in [1.29, 1.82) is 0 Å². The van der Waals surface area contributed by atoms with Crippen molar-refractivity contribution in [2.24, 2.45) is 0 Å². The monoisotopic (exact) mass is 393 g/mol. The van der Waals surface area contributed by atoms with Gasteiger partial charge < -0.3 is 19.5 Å². The summed E-state index contributed by atoms with van der Waals surface area (Å²) in [6.45, 7) is 0.167. The highest BCUT2D eigenvalue weighted by Gasteiger charge is 2.20. The molecule has 1 unspecified atom stereocenters. The Labute approximate surface area is 149 Å². The van der Waals surface area contributed by atoms with Gasteiger partial charge in [0.2, 0.25) is 0 Å². The first-order valence-corrected chi connectivity index (χ1v) is 8.16. The largest absolute Gasteiger partial charge is 0.497 e. The van der Waals surface area contributed by atoms with E-state index in [0.29, 0.717) is 17.1 Å². The first kappa shape index (κ1) is 18.3. The zero-order valence-corrected chi connectivity index (χ0v) is 15.4. The quantitative estimate of drug-likeness (QED) is 0.817. The number of carbonyl (C=O) groups excluding carboxylic acids is 1. The van der Waals surface area contributed by atoms with Gasteiger partial charge in [-0.1, -0.05) is 28.1 Å². The normalized spacial score (nSPS) is 11.7. The second-order valence-corrected chi connectivity index (χ2v) is 6.23. The fourth-order valence-electron chi connectivity index (χ4n) is 2.33. The molecule has 1 amide bonds. The fraction of sp³-hybridized carbons (Fsp3) is 0.278. The van der Waals surface area contributed by atoms with Gasteiger partial charge >= 0.3 is 0 Å². The van der Waals surface area contributed by atoms with Crippen LogP contribution in [0.4, 0.5) is 0 Å². The molecule has 0 bridgehead atoms. The highest BCUT2D eigenvalue weighted by Crippen LogP contribution is 2.25. The summed E-state index contributed by atoms with van der Waals surface area (Å²) in [5.41, 5.74) is 1.16. The Bertz CT molecular complexity index is 703. The lowest BCUT2D eigenvalue weighted by Gasteiger charge is -2.22. The molecule has 0 aromatic heterocycles. The molecule has 0 saturated carbocycles. The van der Waals surface area contributed by atoms with Gasteiger partial charge in [-0.25, -0.2) is 0 Å². The summed E-state index contributed by atoms with van der Waals surface area (Å²) in [4.78, 5) is 14.1. The minimum Gasteiger partial charge on any atom is -0.497 e. The van der Waals surface area contributed by atoms with Crippen molar-refractivity contribution in [2.75, 3.05) is 27.8 Å². The number of aliphatic hydroxyl groups excluding tert-OH is 1. The number of hydrogen-bond donors (Lipinski definition) is 1. The molecule has 2 aromatic rings. The molecule has 5 nitrogen and oxygen atoms in total. The van der Waals surface area contributed by atoms with Crippen molar-refractivity contribution in [3.05, 3.63) is 58.1 Å². The van der Waals surface area contributed by atoms with Gasteiger partial charge in [-0.2, -0.15) is 0 Å². The van der Waals surface area contributed by atoms with Crippen molar-refractivity contribution < 1.29 is 19.4 Å². The predicted octanol–water partition coefficient (Wildman–Crippen LogP) is 3.27. The topological polar surface area (TPSA) is 59.0 Å². The Morgan fingerprint density at radius 3 is 2.42 bits per heavy atom. The van der Waals surface area contributed by atoms with Crippen molar-refractivity contribution in [3.8, 4) is 11.5 Å². The number of ether oxygens (including phenoxy) is 2. The first-order chi connectivity index (χ1) is 11.5. The van der Waals surface area contributed by atoms with E-state index in [1.165, 1.54) is 12.0 Å². The van der Waals surface area contributed by atoms with Crippen molar-refractivity contribution in [1.82, 2.24) is 4.90 Å². The van der Waals surface area contributed by atoms with E-state index < -0.39 is 6.10 Å². The molecule has 0 aliphatic carbocycles. The molecule has 1 atom stereocenters. The third kappa shape index (κ3) is 4.27. The number of likely N-dealkylation sites (N-methyl/N-ethyl adjacent to an activating group) is 1. The van der Waals surface area contributed by atoms with Gasteiger partial charge in [0.05, 0.1) is 32.4 Å². The third-order valence-corrected chi connectivity index (χ3v) is 4.18. The van der Waals surface area contributed by atoms with Gasteiger partial charge in [0.1, 0.15) is 11.5 Å². The summed E-state index contributed by atoms with van der Waals surface area (Å²) < 4.78 is 11.1. The molecule has 6 heteroatoms. The molecule has 0 saturated heterocycles.